The molecule has 2 fully saturated rings. The third-order valence-electron chi connectivity index (χ3n) is 6.73. The van der Waals surface area contributed by atoms with Gasteiger partial charge in [0.2, 0.25) is 12.2 Å². The zero-order valence-electron chi connectivity index (χ0n) is 22.2. The van der Waals surface area contributed by atoms with Crippen LogP contribution < -0.4 is 4.74 Å². The molecule has 1 N–H and O–H groups in total. The molecule has 1 unspecified atom stereocenters. The molecule has 2 saturated heterocycles. The highest BCUT2D eigenvalue weighted by Gasteiger charge is 2.53. The SMILES string of the molecule is COc1ccc(CO[C@H]2[C@@H]3O[C@H](c4ccccc4)OC[C@H]3OC(OC(=N)C(Cl)(Cl)Cl)[C@H]2OCc2ccccc2)cc1. The lowest BCUT2D eigenvalue weighted by Crippen LogP contribution is -2.64. The number of benzene rings is 3. The first-order valence-corrected chi connectivity index (χ1v) is 14.1. The van der Waals surface area contributed by atoms with Crippen LogP contribution in [-0.4, -0.2) is 54.1 Å². The van der Waals surface area contributed by atoms with Gasteiger partial charge >= 0.3 is 0 Å². The van der Waals surface area contributed by atoms with Gasteiger partial charge in [0, 0.05) is 5.56 Å². The fraction of sp³-hybridized carbons (Fsp3) is 0.367. The van der Waals surface area contributed by atoms with Crippen molar-refractivity contribution in [2.24, 2.45) is 0 Å². The molecule has 5 rings (SSSR count). The number of hydrogen-bond donors (Lipinski definition) is 1. The number of halogens is 3. The average Bonchev–Trinajstić information content (AvgIpc) is 2.99. The Labute approximate surface area is 253 Å². The fourth-order valence-corrected chi connectivity index (χ4v) is 4.78. The summed E-state index contributed by atoms with van der Waals surface area (Å²) in [6, 6.07) is 26.8. The lowest BCUT2D eigenvalue weighted by molar-refractivity contribution is -0.363. The molecule has 0 saturated carbocycles. The summed E-state index contributed by atoms with van der Waals surface area (Å²) >= 11 is 17.8. The van der Waals surface area contributed by atoms with Gasteiger partial charge in [0.1, 0.15) is 30.2 Å². The Morgan fingerprint density at radius 1 is 0.829 bits per heavy atom. The number of hydrogen-bond acceptors (Lipinski definition) is 8. The maximum absolute atomic E-state index is 8.21. The number of methoxy groups -OCH3 is 1. The zero-order chi connectivity index (χ0) is 28.8. The van der Waals surface area contributed by atoms with Crippen molar-refractivity contribution in [3.63, 3.8) is 0 Å². The van der Waals surface area contributed by atoms with Crippen LogP contribution in [0.25, 0.3) is 0 Å². The molecular weight excluding hydrogens is 593 g/mol. The normalized spacial score (nSPS) is 26.1. The smallest absolute Gasteiger partial charge is 0.265 e. The standard InChI is InChI=1S/C30H30Cl3NO7/c1-35-22-14-12-20(13-15-22)17-36-25-24-23(18-38-27(40-24)21-10-6-3-7-11-21)39-28(41-29(34)30(31,32)33)26(25)37-16-19-8-4-2-5-9-19/h2-15,23-28,34H,16-18H2,1H3/t23-,24-,25+,26+,27-,28?/m1/s1. The second-order valence-electron chi connectivity index (χ2n) is 9.55. The van der Waals surface area contributed by atoms with Crippen LogP contribution in [0.4, 0.5) is 0 Å². The van der Waals surface area contributed by atoms with E-state index in [1.165, 1.54) is 0 Å². The Kier molecular flexibility index (Phi) is 10.1. The van der Waals surface area contributed by atoms with Gasteiger partial charge in [-0.2, -0.15) is 0 Å². The molecule has 6 atom stereocenters. The van der Waals surface area contributed by atoms with Crippen molar-refractivity contribution in [2.45, 2.75) is 54.0 Å². The van der Waals surface area contributed by atoms with E-state index in [1.54, 1.807) is 7.11 Å². The van der Waals surface area contributed by atoms with Gasteiger partial charge < -0.3 is 33.2 Å². The van der Waals surface area contributed by atoms with Gasteiger partial charge in [-0.05, 0) is 23.3 Å². The van der Waals surface area contributed by atoms with E-state index in [9.17, 15) is 0 Å². The minimum Gasteiger partial charge on any atom is -0.497 e. The summed E-state index contributed by atoms with van der Waals surface area (Å²) in [4.78, 5) is 0. The van der Waals surface area contributed by atoms with Crippen molar-refractivity contribution in [3.8, 4) is 5.75 Å². The summed E-state index contributed by atoms with van der Waals surface area (Å²) in [6.45, 7) is 0.630. The van der Waals surface area contributed by atoms with Gasteiger partial charge in [-0.25, -0.2) is 0 Å². The van der Waals surface area contributed by atoms with Crippen LogP contribution in [0.5, 0.6) is 5.75 Å². The Morgan fingerprint density at radius 3 is 2.07 bits per heavy atom. The molecule has 2 aliphatic heterocycles. The van der Waals surface area contributed by atoms with Crippen LogP contribution >= 0.6 is 34.8 Å². The van der Waals surface area contributed by atoms with Crippen molar-refractivity contribution >= 4 is 40.7 Å². The third kappa shape index (κ3) is 7.71. The minimum absolute atomic E-state index is 0.180. The van der Waals surface area contributed by atoms with Crippen LogP contribution in [0.2, 0.25) is 0 Å². The molecule has 218 valence electrons. The summed E-state index contributed by atoms with van der Waals surface area (Å²) in [6.07, 6.45) is -4.57. The van der Waals surface area contributed by atoms with Gasteiger partial charge in [0.25, 0.3) is 3.79 Å². The fourth-order valence-electron chi connectivity index (χ4n) is 4.65. The van der Waals surface area contributed by atoms with Crippen LogP contribution in [0.15, 0.2) is 84.9 Å². The molecule has 8 nitrogen and oxygen atoms in total. The first-order valence-electron chi connectivity index (χ1n) is 13.0. The van der Waals surface area contributed by atoms with Crippen molar-refractivity contribution in [3.05, 3.63) is 102 Å². The van der Waals surface area contributed by atoms with E-state index >= 15 is 0 Å². The highest BCUT2D eigenvalue weighted by Crippen LogP contribution is 2.38. The largest absolute Gasteiger partial charge is 0.497 e. The van der Waals surface area contributed by atoms with Gasteiger partial charge in [-0.1, -0.05) is 108 Å². The Balaban J connectivity index is 1.44. The van der Waals surface area contributed by atoms with E-state index in [0.717, 1.165) is 22.4 Å². The number of nitrogens with one attached hydrogen (secondary N) is 1. The molecule has 3 aromatic carbocycles. The van der Waals surface area contributed by atoms with Crippen molar-refractivity contribution in [2.75, 3.05) is 13.7 Å². The second-order valence-corrected chi connectivity index (χ2v) is 11.8. The summed E-state index contributed by atoms with van der Waals surface area (Å²) in [5.41, 5.74) is 2.69. The maximum Gasteiger partial charge on any atom is 0.265 e. The van der Waals surface area contributed by atoms with Gasteiger partial charge in [-0.3, -0.25) is 5.41 Å². The lowest BCUT2D eigenvalue weighted by atomic mass is 9.97. The van der Waals surface area contributed by atoms with E-state index in [2.05, 4.69) is 0 Å². The lowest BCUT2D eigenvalue weighted by Gasteiger charge is -2.48. The number of ether oxygens (including phenoxy) is 7. The third-order valence-corrected chi connectivity index (χ3v) is 7.25. The van der Waals surface area contributed by atoms with E-state index in [4.69, 9.17) is 73.4 Å². The van der Waals surface area contributed by atoms with Crippen LogP contribution in [0.1, 0.15) is 23.0 Å². The molecular formula is C30H30Cl3NO7. The summed E-state index contributed by atoms with van der Waals surface area (Å²) in [5.74, 6) is 0.133. The highest BCUT2D eigenvalue weighted by molar-refractivity contribution is 6.76. The van der Waals surface area contributed by atoms with Crippen LogP contribution in [-0.2, 0) is 41.6 Å². The number of rotatable bonds is 9. The molecule has 3 aromatic rings. The van der Waals surface area contributed by atoms with Crippen molar-refractivity contribution in [1.29, 1.82) is 5.41 Å². The topological polar surface area (TPSA) is 88.5 Å². The summed E-state index contributed by atoms with van der Waals surface area (Å²) in [5, 5.41) is 8.21. The zero-order valence-corrected chi connectivity index (χ0v) is 24.4. The van der Waals surface area contributed by atoms with Crippen LogP contribution in [0.3, 0.4) is 0 Å². The first kappa shape index (κ1) is 30.1. The Bertz CT molecular complexity index is 1260. The van der Waals surface area contributed by atoms with Crippen molar-refractivity contribution in [1.82, 2.24) is 0 Å². The molecule has 0 aliphatic carbocycles. The minimum atomic E-state index is -2.10. The predicted molar refractivity (Wildman–Crippen MR) is 154 cm³/mol. The van der Waals surface area contributed by atoms with Crippen molar-refractivity contribution < 1.29 is 33.2 Å². The molecule has 0 amide bonds. The Morgan fingerprint density at radius 2 is 1.44 bits per heavy atom. The molecule has 41 heavy (non-hydrogen) atoms. The van der Waals surface area contributed by atoms with Crippen LogP contribution in [0, 0.1) is 5.41 Å². The monoisotopic (exact) mass is 621 g/mol. The van der Waals surface area contributed by atoms with E-state index < -0.39 is 46.7 Å². The van der Waals surface area contributed by atoms with Gasteiger partial charge in [-0.15, -0.1) is 0 Å². The molecule has 0 radical (unpaired) electrons. The molecule has 0 bridgehead atoms. The van der Waals surface area contributed by atoms with E-state index in [0.29, 0.717) is 0 Å². The highest BCUT2D eigenvalue weighted by atomic mass is 35.6. The molecule has 0 spiro atoms. The number of alkyl halides is 3. The predicted octanol–water partition coefficient (Wildman–Crippen LogP) is 6.37. The first-order chi connectivity index (χ1) is 19.8. The molecule has 11 heteroatoms. The quantitative estimate of drug-likeness (QED) is 0.169. The molecule has 2 heterocycles. The second kappa shape index (κ2) is 13.7. The average molecular weight is 623 g/mol. The van der Waals surface area contributed by atoms with E-state index in [1.807, 2.05) is 84.9 Å². The van der Waals surface area contributed by atoms with Gasteiger partial charge in [0.05, 0.1) is 26.9 Å². The Hall–Kier alpha value is -2.40. The number of fused-ring (bicyclic) bond motifs is 1. The van der Waals surface area contributed by atoms with Gasteiger partial charge in [0.15, 0.2) is 6.29 Å². The summed E-state index contributed by atoms with van der Waals surface area (Å²) in [7, 11) is 1.61. The summed E-state index contributed by atoms with van der Waals surface area (Å²) < 4.78 is 40.6. The molecule has 2 aliphatic rings. The molecule has 0 aromatic heterocycles. The van der Waals surface area contributed by atoms with E-state index in [-0.39, 0.29) is 19.8 Å². The maximum atomic E-state index is 8.21.